The van der Waals surface area contributed by atoms with Crippen LogP contribution in [0.2, 0.25) is 0 Å². The van der Waals surface area contributed by atoms with Crippen LogP contribution in [0, 0.1) is 6.92 Å². The van der Waals surface area contributed by atoms with E-state index in [1.54, 1.807) is 11.3 Å². The molecule has 0 saturated carbocycles. The van der Waals surface area contributed by atoms with Crippen LogP contribution in [0.5, 0.6) is 0 Å². The van der Waals surface area contributed by atoms with Crippen molar-refractivity contribution in [2.75, 3.05) is 19.6 Å². The lowest BCUT2D eigenvalue weighted by molar-refractivity contribution is 0.0954. The third-order valence-corrected chi connectivity index (χ3v) is 3.80. The molecule has 2 N–H and O–H groups in total. The van der Waals surface area contributed by atoms with Gasteiger partial charge in [0.05, 0.1) is 0 Å². The van der Waals surface area contributed by atoms with E-state index in [2.05, 4.69) is 27.5 Å². The molecular weight excluding hydrogens is 268 g/mol. The van der Waals surface area contributed by atoms with Gasteiger partial charge in [-0.05, 0) is 54.4 Å². The normalized spacial score (nSPS) is 10.4. The topological polar surface area (TPSA) is 41.1 Å². The fourth-order valence-electron chi connectivity index (χ4n) is 1.86. The summed E-state index contributed by atoms with van der Waals surface area (Å²) in [5.41, 5.74) is 3.25. The smallest absolute Gasteiger partial charge is 0.251 e. The summed E-state index contributed by atoms with van der Waals surface area (Å²) < 4.78 is 0. The van der Waals surface area contributed by atoms with Crippen LogP contribution in [0.15, 0.2) is 41.1 Å². The van der Waals surface area contributed by atoms with Crippen LogP contribution in [-0.2, 0) is 6.42 Å². The van der Waals surface area contributed by atoms with Crippen molar-refractivity contribution in [2.45, 2.75) is 13.3 Å². The summed E-state index contributed by atoms with van der Waals surface area (Å²) >= 11 is 1.73. The van der Waals surface area contributed by atoms with E-state index in [1.807, 2.05) is 31.2 Å². The first-order valence-electron chi connectivity index (χ1n) is 6.82. The number of nitrogens with one attached hydrogen (secondary N) is 2. The number of hydrogen-bond acceptors (Lipinski definition) is 3. The van der Waals surface area contributed by atoms with Gasteiger partial charge >= 0.3 is 0 Å². The standard InChI is InChI=1S/C16H20N2OS/c1-13-2-4-15(5-3-13)16(19)18-10-9-17-8-6-14-7-11-20-12-14/h2-5,7,11-12,17H,6,8-10H2,1H3,(H,18,19). The molecule has 1 amide bonds. The summed E-state index contributed by atoms with van der Waals surface area (Å²) in [6, 6.07) is 9.76. The van der Waals surface area contributed by atoms with Crippen molar-refractivity contribution in [2.24, 2.45) is 0 Å². The molecule has 0 aliphatic carbocycles. The molecule has 0 aliphatic rings. The Morgan fingerprint density at radius 1 is 1.10 bits per heavy atom. The zero-order valence-corrected chi connectivity index (χ0v) is 12.5. The molecule has 4 heteroatoms. The average molecular weight is 288 g/mol. The van der Waals surface area contributed by atoms with E-state index in [-0.39, 0.29) is 5.91 Å². The fraction of sp³-hybridized carbons (Fsp3) is 0.312. The molecule has 2 aromatic rings. The Hall–Kier alpha value is -1.65. The van der Waals surface area contributed by atoms with Crippen molar-refractivity contribution in [3.63, 3.8) is 0 Å². The number of amides is 1. The molecule has 0 spiro atoms. The fourth-order valence-corrected chi connectivity index (χ4v) is 2.57. The van der Waals surface area contributed by atoms with Crippen LogP contribution in [0.25, 0.3) is 0 Å². The van der Waals surface area contributed by atoms with Gasteiger partial charge < -0.3 is 10.6 Å². The zero-order valence-electron chi connectivity index (χ0n) is 11.7. The molecule has 1 aromatic heterocycles. The van der Waals surface area contributed by atoms with E-state index in [0.29, 0.717) is 12.1 Å². The van der Waals surface area contributed by atoms with Gasteiger partial charge in [0.2, 0.25) is 0 Å². The average Bonchev–Trinajstić information content (AvgIpc) is 2.96. The Morgan fingerprint density at radius 3 is 2.60 bits per heavy atom. The van der Waals surface area contributed by atoms with Crippen molar-refractivity contribution in [1.82, 2.24) is 10.6 Å². The molecule has 0 fully saturated rings. The molecule has 0 unspecified atom stereocenters. The largest absolute Gasteiger partial charge is 0.351 e. The SMILES string of the molecule is Cc1ccc(C(=O)NCCNCCc2ccsc2)cc1. The number of rotatable bonds is 7. The second kappa shape index (κ2) is 7.82. The van der Waals surface area contributed by atoms with E-state index in [1.165, 1.54) is 5.56 Å². The first-order chi connectivity index (χ1) is 9.75. The number of thiophene rings is 1. The molecule has 106 valence electrons. The lowest BCUT2D eigenvalue weighted by Gasteiger charge is -2.07. The van der Waals surface area contributed by atoms with Crippen molar-refractivity contribution in [3.05, 3.63) is 57.8 Å². The summed E-state index contributed by atoms with van der Waals surface area (Å²) in [6.07, 6.45) is 1.04. The Kier molecular flexibility index (Phi) is 5.77. The molecule has 0 radical (unpaired) electrons. The highest BCUT2D eigenvalue weighted by atomic mass is 32.1. The van der Waals surface area contributed by atoms with Gasteiger partial charge in [-0.1, -0.05) is 17.7 Å². The highest BCUT2D eigenvalue weighted by molar-refractivity contribution is 7.07. The Labute approximate surface area is 124 Å². The van der Waals surface area contributed by atoms with E-state index >= 15 is 0 Å². The number of benzene rings is 1. The molecular formula is C16H20N2OS. The maximum atomic E-state index is 11.8. The van der Waals surface area contributed by atoms with Crippen molar-refractivity contribution < 1.29 is 4.79 Å². The van der Waals surface area contributed by atoms with Crippen LogP contribution >= 0.6 is 11.3 Å². The number of hydrogen-bond donors (Lipinski definition) is 2. The Balaban J connectivity index is 1.58. The molecule has 0 aliphatic heterocycles. The summed E-state index contributed by atoms with van der Waals surface area (Å²) in [5, 5.41) is 10.5. The Bertz CT molecular complexity index is 520. The summed E-state index contributed by atoms with van der Waals surface area (Å²) in [5.74, 6) is -0.00960. The van der Waals surface area contributed by atoms with Gasteiger partial charge in [-0.3, -0.25) is 4.79 Å². The van der Waals surface area contributed by atoms with Crippen LogP contribution in [0.3, 0.4) is 0 Å². The van der Waals surface area contributed by atoms with E-state index in [0.717, 1.165) is 25.1 Å². The monoisotopic (exact) mass is 288 g/mol. The van der Waals surface area contributed by atoms with Gasteiger partial charge in [0.1, 0.15) is 0 Å². The maximum absolute atomic E-state index is 11.8. The molecule has 0 atom stereocenters. The number of aryl methyl sites for hydroxylation is 1. The van der Waals surface area contributed by atoms with Gasteiger partial charge in [0.15, 0.2) is 0 Å². The third kappa shape index (κ3) is 4.79. The molecule has 3 nitrogen and oxygen atoms in total. The van der Waals surface area contributed by atoms with Crippen LogP contribution in [0.4, 0.5) is 0 Å². The predicted molar refractivity (Wildman–Crippen MR) is 84.4 cm³/mol. The van der Waals surface area contributed by atoms with Crippen LogP contribution in [0.1, 0.15) is 21.5 Å². The van der Waals surface area contributed by atoms with Crippen molar-refractivity contribution in [1.29, 1.82) is 0 Å². The third-order valence-electron chi connectivity index (χ3n) is 3.07. The van der Waals surface area contributed by atoms with Gasteiger partial charge in [0, 0.05) is 18.7 Å². The Morgan fingerprint density at radius 2 is 1.90 bits per heavy atom. The van der Waals surface area contributed by atoms with Gasteiger partial charge in [-0.2, -0.15) is 11.3 Å². The summed E-state index contributed by atoms with van der Waals surface area (Å²) in [7, 11) is 0. The highest BCUT2D eigenvalue weighted by Crippen LogP contribution is 2.05. The van der Waals surface area contributed by atoms with Crippen LogP contribution < -0.4 is 10.6 Å². The highest BCUT2D eigenvalue weighted by Gasteiger charge is 2.03. The molecule has 0 saturated heterocycles. The van der Waals surface area contributed by atoms with E-state index < -0.39 is 0 Å². The van der Waals surface area contributed by atoms with Crippen molar-refractivity contribution in [3.8, 4) is 0 Å². The van der Waals surface area contributed by atoms with E-state index in [9.17, 15) is 4.79 Å². The first kappa shape index (κ1) is 14.8. The molecule has 2 rings (SSSR count). The maximum Gasteiger partial charge on any atom is 0.251 e. The van der Waals surface area contributed by atoms with E-state index in [4.69, 9.17) is 0 Å². The number of carbonyl (C=O) groups excluding carboxylic acids is 1. The quantitative estimate of drug-likeness (QED) is 0.769. The molecule has 1 heterocycles. The minimum atomic E-state index is -0.00960. The zero-order chi connectivity index (χ0) is 14.2. The van der Waals surface area contributed by atoms with Crippen LogP contribution in [-0.4, -0.2) is 25.5 Å². The molecule has 1 aromatic carbocycles. The molecule has 20 heavy (non-hydrogen) atoms. The second-order valence-corrected chi connectivity index (χ2v) is 5.53. The minimum absolute atomic E-state index is 0.00960. The van der Waals surface area contributed by atoms with Gasteiger partial charge in [-0.25, -0.2) is 0 Å². The number of carbonyl (C=O) groups is 1. The minimum Gasteiger partial charge on any atom is -0.351 e. The lowest BCUT2D eigenvalue weighted by Crippen LogP contribution is -2.32. The summed E-state index contributed by atoms with van der Waals surface area (Å²) in [6.45, 7) is 4.40. The lowest BCUT2D eigenvalue weighted by atomic mass is 10.1. The predicted octanol–water partition coefficient (Wildman–Crippen LogP) is 2.62. The van der Waals surface area contributed by atoms with Crippen molar-refractivity contribution >= 4 is 17.2 Å². The first-order valence-corrected chi connectivity index (χ1v) is 7.76. The van der Waals surface area contributed by atoms with Gasteiger partial charge in [0.25, 0.3) is 5.91 Å². The summed E-state index contributed by atoms with van der Waals surface area (Å²) in [4.78, 5) is 11.8. The van der Waals surface area contributed by atoms with Gasteiger partial charge in [-0.15, -0.1) is 0 Å². The molecule has 0 bridgehead atoms. The second-order valence-electron chi connectivity index (χ2n) is 4.75.